The average Bonchev–Trinajstić information content (AvgIpc) is 3.57. The third-order valence-corrected chi connectivity index (χ3v) is 11.4. The Morgan fingerprint density at radius 1 is 0.953 bits per heavy atom. The van der Waals surface area contributed by atoms with Crippen molar-refractivity contribution in [1.82, 2.24) is 9.80 Å². The summed E-state index contributed by atoms with van der Waals surface area (Å²) < 4.78 is 5.19. The van der Waals surface area contributed by atoms with E-state index in [1.807, 2.05) is 31.2 Å². The third kappa shape index (κ3) is 6.40. The lowest BCUT2D eigenvalue weighted by Crippen LogP contribution is -2.65. The zero-order valence-electron chi connectivity index (χ0n) is 26.8. The predicted molar refractivity (Wildman–Crippen MR) is 168 cm³/mol. The van der Waals surface area contributed by atoms with E-state index in [-0.39, 0.29) is 53.9 Å². The van der Waals surface area contributed by atoms with E-state index in [1.165, 1.54) is 0 Å². The third-order valence-electron chi connectivity index (χ3n) is 11.1. The number of imide groups is 1. The molecule has 3 saturated heterocycles. The summed E-state index contributed by atoms with van der Waals surface area (Å²) in [6, 6.07) is 6.78. The molecule has 4 aliphatic rings. The maximum absolute atomic E-state index is 14.9. The van der Waals surface area contributed by atoms with Gasteiger partial charge in [-0.15, -0.1) is 0 Å². The molecule has 0 spiro atoms. The number of quaternary nitrogens is 1. The van der Waals surface area contributed by atoms with Crippen LogP contribution < -0.4 is 5.73 Å². The fourth-order valence-corrected chi connectivity index (χ4v) is 8.49. The van der Waals surface area contributed by atoms with Gasteiger partial charge in [-0.05, 0) is 89.8 Å². The number of carbonyl (C=O) groups is 3. The van der Waals surface area contributed by atoms with Crippen molar-refractivity contribution in [1.29, 1.82) is 0 Å². The maximum Gasteiger partial charge on any atom is 0.421 e. The maximum atomic E-state index is 14.9. The second kappa shape index (κ2) is 12.8. The Morgan fingerprint density at radius 2 is 1.58 bits per heavy atom. The van der Waals surface area contributed by atoms with Gasteiger partial charge >= 0.3 is 11.9 Å². The van der Waals surface area contributed by atoms with Crippen molar-refractivity contribution in [2.45, 2.75) is 109 Å². The Labute approximate surface area is 262 Å². The SMILES string of the molecule is CC1CCC(N(C(=O)C2CCOCC2)[C@H]2CC(C)[N+](C(N)=O)(C(=O)[C@@H]3CN(C(C)(C)C)C[C@H]3c3ccc(Cl)cc3)C2)CC1. The second-order valence-electron chi connectivity index (χ2n) is 14.9. The molecule has 0 radical (unpaired) electrons. The molecule has 1 aromatic rings. The van der Waals surface area contributed by atoms with Crippen LogP contribution in [0.5, 0.6) is 0 Å². The molecular formula is C34H52ClN4O4+. The smallest absolute Gasteiger partial charge is 0.381 e. The van der Waals surface area contributed by atoms with Crippen LogP contribution in [0.2, 0.25) is 5.02 Å². The monoisotopic (exact) mass is 615 g/mol. The van der Waals surface area contributed by atoms with Crippen LogP contribution in [0.15, 0.2) is 24.3 Å². The lowest BCUT2D eigenvalue weighted by Gasteiger charge is -2.42. The topological polar surface area (TPSA) is 92.9 Å². The summed E-state index contributed by atoms with van der Waals surface area (Å²) in [5, 5.41) is 0.653. The van der Waals surface area contributed by atoms with Gasteiger partial charge < -0.3 is 15.4 Å². The van der Waals surface area contributed by atoms with Crippen LogP contribution in [0.3, 0.4) is 0 Å². The van der Waals surface area contributed by atoms with E-state index in [1.54, 1.807) is 0 Å². The molecular weight excluding hydrogens is 564 g/mol. The molecule has 2 unspecified atom stereocenters. The zero-order chi connectivity index (χ0) is 31.1. The van der Waals surface area contributed by atoms with E-state index < -0.39 is 16.4 Å². The highest BCUT2D eigenvalue weighted by molar-refractivity contribution is 6.30. The van der Waals surface area contributed by atoms with E-state index in [0.29, 0.717) is 43.7 Å². The van der Waals surface area contributed by atoms with E-state index in [9.17, 15) is 14.4 Å². The minimum atomic E-state index is -0.597. The number of likely N-dealkylation sites (tertiary alicyclic amines) is 2. The summed E-state index contributed by atoms with van der Waals surface area (Å²) in [6.45, 7) is 13.5. The van der Waals surface area contributed by atoms with Crippen LogP contribution in [-0.4, -0.2) is 88.6 Å². The van der Waals surface area contributed by atoms with Gasteiger partial charge in [0.05, 0.1) is 12.0 Å². The Morgan fingerprint density at radius 3 is 2.16 bits per heavy atom. The molecule has 3 heterocycles. The number of halogens is 1. The van der Waals surface area contributed by atoms with E-state index in [0.717, 1.165) is 44.1 Å². The van der Waals surface area contributed by atoms with Gasteiger partial charge in [0.2, 0.25) is 5.91 Å². The second-order valence-corrected chi connectivity index (χ2v) is 15.3. The van der Waals surface area contributed by atoms with Crippen molar-refractivity contribution < 1.29 is 23.6 Å². The summed E-state index contributed by atoms with van der Waals surface area (Å²) in [5.74, 6) is 0.174. The Balaban J connectivity index is 1.48. The molecule has 1 saturated carbocycles. The number of hydrogen-bond acceptors (Lipinski definition) is 5. The van der Waals surface area contributed by atoms with Crippen LogP contribution in [0.4, 0.5) is 4.79 Å². The van der Waals surface area contributed by atoms with Gasteiger partial charge in [-0.1, -0.05) is 30.7 Å². The summed E-state index contributed by atoms with van der Waals surface area (Å²) >= 11 is 6.22. The Hall–Kier alpha value is -2.00. The highest BCUT2D eigenvalue weighted by Crippen LogP contribution is 2.43. The molecule has 5 atom stereocenters. The average molecular weight is 616 g/mol. The number of urea groups is 1. The summed E-state index contributed by atoms with van der Waals surface area (Å²) in [7, 11) is 0. The molecule has 43 heavy (non-hydrogen) atoms. The highest BCUT2D eigenvalue weighted by atomic mass is 35.5. The molecule has 8 nitrogen and oxygen atoms in total. The molecule has 4 amide bonds. The number of nitrogens with two attached hydrogens (primary N) is 1. The number of nitrogens with zero attached hydrogens (tertiary/aromatic N) is 3. The van der Waals surface area contributed by atoms with Crippen molar-refractivity contribution >= 4 is 29.4 Å². The first kappa shape index (κ1) is 32.4. The highest BCUT2D eigenvalue weighted by Gasteiger charge is 2.61. The fourth-order valence-electron chi connectivity index (χ4n) is 8.36. The minimum Gasteiger partial charge on any atom is -0.381 e. The van der Waals surface area contributed by atoms with Crippen molar-refractivity contribution in [3.05, 3.63) is 34.9 Å². The van der Waals surface area contributed by atoms with Gasteiger partial charge in [-0.25, -0.2) is 9.59 Å². The molecule has 238 valence electrons. The lowest BCUT2D eigenvalue weighted by atomic mass is 9.84. The molecule has 9 heteroatoms. The van der Waals surface area contributed by atoms with Crippen LogP contribution >= 0.6 is 11.6 Å². The summed E-state index contributed by atoms with van der Waals surface area (Å²) in [6.07, 6.45) is 6.16. The predicted octanol–water partition coefficient (Wildman–Crippen LogP) is 5.57. The summed E-state index contributed by atoms with van der Waals surface area (Å²) in [5.41, 5.74) is 7.17. The quantitative estimate of drug-likeness (QED) is 0.437. The number of hydrogen-bond donors (Lipinski definition) is 1. The molecule has 2 N–H and O–H groups in total. The van der Waals surface area contributed by atoms with Gasteiger partial charge in [-0.3, -0.25) is 9.69 Å². The van der Waals surface area contributed by atoms with Gasteiger partial charge in [0, 0.05) is 61.2 Å². The van der Waals surface area contributed by atoms with Crippen LogP contribution in [0.1, 0.15) is 91.0 Å². The van der Waals surface area contributed by atoms with Crippen LogP contribution in [0.25, 0.3) is 0 Å². The molecule has 4 fully saturated rings. The normalized spacial score (nSPS) is 34.3. The standard InChI is InChI=1S/C34H51ClN4O4/c1-22-6-12-27(13-7-22)38(31(40)25-14-16-43-17-15-25)28-18-23(2)39(21-28,33(36)42)32(41)30-20-37(34(3,4)5)19-29(30)24-8-10-26(35)11-9-24/h8-11,22-23,25,27-30H,6-7,12-21H2,1-5H3,(H-,36,42)/p+1/t22?,23?,27?,28-,29-,30+,39?/m0/s1. The molecule has 3 aliphatic heterocycles. The molecule has 5 rings (SSSR count). The first-order chi connectivity index (χ1) is 20.3. The lowest BCUT2D eigenvalue weighted by molar-refractivity contribution is -0.786. The largest absolute Gasteiger partial charge is 0.421 e. The van der Waals surface area contributed by atoms with Crippen molar-refractivity contribution in [2.24, 2.45) is 23.5 Å². The number of benzene rings is 1. The van der Waals surface area contributed by atoms with Crippen LogP contribution in [0, 0.1) is 17.8 Å². The number of amides is 4. The van der Waals surface area contributed by atoms with Crippen molar-refractivity contribution in [2.75, 3.05) is 32.8 Å². The zero-order valence-corrected chi connectivity index (χ0v) is 27.5. The van der Waals surface area contributed by atoms with Gasteiger partial charge in [0.15, 0.2) is 0 Å². The first-order valence-corrected chi connectivity index (χ1v) is 16.8. The number of rotatable bonds is 5. The minimum absolute atomic E-state index is 0.0698. The Kier molecular flexibility index (Phi) is 9.63. The first-order valence-electron chi connectivity index (χ1n) is 16.5. The van der Waals surface area contributed by atoms with Crippen molar-refractivity contribution in [3.8, 4) is 0 Å². The number of primary amides is 1. The number of carbonyl (C=O) groups excluding carboxylic acids is 3. The van der Waals surface area contributed by atoms with Gasteiger partial charge in [0.25, 0.3) is 0 Å². The van der Waals surface area contributed by atoms with E-state index >= 15 is 0 Å². The molecule has 0 bridgehead atoms. The summed E-state index contributed by atoms with van der Waals surface area (Å²) in [4.78, 5) is 47.2. The van der Waals surface area contributed by atoms with E-state index in [2.05, 4.69) is 37.5 Å². The van der Waals surface area contributed by atoms with Crippen LogP contribution in [-0.2, 0) is 14.3 Å². The van der Waals surface area contributed by atoms with Crippen molar-refractivity contribution in [3.63, 3.8) is 0 Å². The van der Waals surface area contributed by atoms with E-state index in [4.69, 9.17) is 22.1 Å². The fraction of sp³-hybridized carbons (Fsp3) is 0.735. The molecule has 1 aliphatic carbocycles. The van der Waals surface area contributed by atoms with Gasteiger partial charge in [-0.2, -0.15) is 4.48 Å². The molecule has 0 aromatic heterocycles. The van der Waals surface area contributed by atoms with Gasteiger partial charge in [0.1, 0.15) is 12.6 Å². The molecule has 1 aromatic carbocycles. The number of ether oxygens (including phenoxy) is 1. The Bertz CT molecular complexity index is 1170.